The van der Waals surface area contributed by atoms with E-state index < -0.39 is 0 Å². The number of carbonyl (C=O) groups excluding carboxylic acids is 1. The number of hydrogen-bond acceptors (Lipinski definition) is 3. The van der Waals surface area contributed by atoms with E-state index in [2.05, 4.69) is 43.6 Å². The van der Waals surface area contributed by atoms with Gasteiger partial charge in [0.2, 0.25) is 5.91 Å². The van der Waals surface area contributed by atoms with Crippen LogP contribution in [0, 0.1) is 0 Å². The third kappa shape index (κ3) is 3.48. The molecule has 110 valence electrons. The molecule has 2 aliphatic rings. The molecular weight excluding hydrogens is 238 g/mol. The van der Waals surface area contributed by atoms with E-state index in [1.165, 1.54) is 0 Å². The minimum Gasteiger partial charge on any atom is -0.352 e. The zero-order valence-electron chi connectivity index (χ0n) is 13.0. The summed E-state index contributed by atoms with van der Waals surface area (Å²) in [4.78, 5) is 12.5. The summed E-state index contributed by atoms with van der Waals surface area (Å²) in [6, 6.07) is 0.262. The zero-order chi connectivity index (χ0) is 14.3. The van der Waals surface area contributed by atoms with Gasteiger partial charge in [-0.3, -0.25) is 4.79 Å². The van der Waals surface area contributed by atoms with Gasteiger partial charge in [0, 0.05) is 17.1 Å². The molecule has 3 N–H and O–H groups in total. The van der Waals surface area contributed by atoms with E-state index in [-0.39, 0.29) is 28.6 Å². The van der Waals surface area contributed by atoms with E-state index in [0.29, 0.717) is 0 Å². The van der Waals surface area contributed by atoms with Crippen LogP contribution in [0.2, 0.25) is 0 Å². The molecule has 0 aromatic carbocycles. The predicted molar refractivity (Wildman–Crippen MR) is 78.1 cm³/mol. The van der Waals surface area contributed by atoms with Gasteiger partial charge in [0.1, 0.15) is 0 Å². The predicted octanol–water partition coefficient (Wildman–Crippen LogP) is 1.55. The van der Waals surface area contributed by atoms with Crippen molar-refractivity contribution in [1.29, 1.82) is 0 Å². The van der Waals surface area contributed by atoms with Crippen molar-refractivity contribution in [2.24, 2.45) is 0 Å². The molecule has 4 nitrogen and oxygen atoms in total. The summed E-state index contributed by atoms with van der Waals surface area (Å²) in [6.07, 6.45) is 4.00. The lowest BCUT2D eigenvalue weighted by atomic mass is 9.79. The fourth-order valence-corrected chi connectivity index (χ4v) is 3.86. The highest BCUT2D eigenvalue weighted by Gasteiger charge is 2.41. The van der Waals surface area contributed by atoms with E-state index in [9.17, 15) is 4.79 Å². The van der Waals surface area contributed by atoms with E-state index in [4.69, 9.17) is 0 Å². The molecule has 0 radical (unpaired) electrons. The Morgan fingerprint density at radius 1 is 1.11 bits per heavy atom. The molecule has 2 aliphatic heterocycles. The minimum absolute atomic E-state index is 0.0731. The van der Waals surface area contributed by atoms with Crippen molar-refractivity contribution in [2.75, 3.05) is 6.54 Å². The maximum Gasteiger partial charge on any atom is 0.240 e. The Morgan fingerprint density at radius 3 is 2.16 bits per heavy atom. The molecule has 0 aliphatic carbocycles. The molecule has 1 atom stereocenters. The van der Waals surface area contributed by atoms with E-state index in [1.54, 1.807) is 0 Å². The van der Waals surface area contributed by atoms with Crippen molar-refractivity contribution in [3.8, 4) is 0 Å². The van der Waals surface area contributed by atoms with Crippen LogP contribution in [-0.4, -0.2) is 35.1 Å². The van der Waals surface area contributed by atoms with Gasteiger partial charge in [0.05, 0.1) is 5.54 Å². The van der Waals surface area contributed by atoms with Crippen LogP contribution >= 0.6 is 0 Å². The number of amides is 1. The maximum atomic E-state index is 12.5. The molecule has 1 unspecified atom stereocenters. The lowest BCUT2D eigenvalue weighted by molar-refractivity contribution is -0.127. The zero-order valence-corrected chi connectivity index (χ0v) is 13.0. The molecule has 2 fully saturated rings. The quantitative estimate of drug-likeness (QED) is 0.711. The first kappa shape index (κ1) is 14.8. The highest BCUT2D eigenvalue weighted by atomic mass is 16.2. The van der Waals surface area contributed by atoms with Crippen LogP contribution in [-0.2, 0) is 4.79 Å². The van der Waals surface area contributed by atoms with Crippen molar-refractivity contribution in [3.63, 3.8) is 0 Å². The van der Waals surface area contributed by atoms with Gasteiger partial charge < -0.3 is 16.0 Å². The second-order valence-corrected chi connectivity index (χ2v) is 7.83. The van der Waals surface area contributed by atoms with Gasteiger partial charge in [0.15, 0.2) is 0 Å². The van der Waals surface area contributed by atoms with Gasteiger partial charge in [-0.05, 0) is 66.8 Å². The third-order valence-electron chi connectivity index (χ3n) is 4.40. The Bertz CT molecular complexity index is 340. The number of carbonyl (C=O) groups is 1. The minimum atomic E-state index is -0.362. The topological polar surface area (TPSA) is 53.2 Å². The van der Waals surface area contributed by atoms with Gasteiger partial charge in [-0.15, -0.1) is 0 Å². The Kier molecular flexibility index (Phi) is 3.69. The largest absolute Gasteiger partial charge is 0.352 e. The summed E-state index contributed by atoms with van der Waals surface area (Å²) in [7, 11) is 0. The van der Waals surface area contributed by atoms with Crippen LogP contribution < -0.4 is 16.0 Å². The molecule has 0 aromatic rings. The second kappa shape index (κ2) is 4.74. The highest BCUT2D eigenvalue weighted by molar-refractivity contribution is 5.86. The molecule has 0 bridgehead atoms. The van der Waals surface area contributed by atoms with Crippen LogP contribution in [0.1, 0.15) is 60.3 Å². The summed E-state index contributed by atoms with van der Waals surface area (Å²) in [5.41, 5.74) is -0.216. The Labute approximate surface area is 117 Å². The fourth-order valence-electron chi connectivity index (χ4n) is 3.86. The Morgan fingerprint density at radius 2 is 1.68 bits per heavy atom. The third-order valence-corrected chi connectivity index (χ3v) is 4.40. The molecule has 2 saturated heterocycles. The first-order chi connectivity index (χ1) is 8.62. The number of rotatable bonds is 2. The first-order valence-electron chi connectivity index (χ1n) is 7.47. The summed E-state index contributed by atoms with van der Waals surface area (Å²) < 4.78 is 0. The highest BCUT2D eigenvalue weighted by Crippen LogP contribution is 2.29. The lowest BCUT2D eigenvalue weighted by Gasteiger charge is -2.47. The van der Waals surface area contributed by atoms with Crippen molar-refractivity contribution >= 4 is 5.91 Å². The van der Waals surface area contributed by atoms with E-state index in [0.717, 1.165) is 32.2 Å². The summed E-state index contributed by atoms with van der Waals surface area (Å²) >= 11 is 0. The van der Waals surface area contributed by atoms with Crippen molar-refractivity contribution in [1.82, 2.24) is 16.0 Å². The summed E-state index contributed by atoms with van der Waals surface area (Å²) in [5, 5.41) is 10.3. The molecule has 1 amide bonds. The van der Waals surface area contributed by atoms with E-state index in [1.807, 2.05) is 6.92 Å². The molecule has 0 spiro atoms. The van der Waals surface area contributed by atoms with Crippen molar-refractivity contribution in [3.05, 3.63) is 0 Å². The van der Waals surface area contributed by atoms with Crippen LogP contribution in [0.5, 0.6) is 0 Å². The monoisotopic (exact) mass is 267 g/mol. The SMILES string of the molecule is CC1(C)CC(NC(=O)C2(C)CCCN2)CC(C)(C)N1. The molecule has 2 rings (SSSR count). The van der Waals surface area contributed by atoms with Gasteiger partial charge in [-0.1, -0.05) is 0 Å². The molecule has 0 aromatic heterocycles. The van der Waals surface area contributed by atoms with E-state index >= 15 is 0 Å². The molecule has 4 heteroatoms. The average Bonchev–Trinajstić information content (AvgIpc) is 2.61. The average molecular weight is 267 g/mol. The smallest absolute Gasteiger partial charge is 0.240 e. The normalized spacial score (nSPS) is 34.2. The van der Waals surface area contributed by atoms with Gasteiger partial charge in [0.25, 0.3) is 0 Å². The molecule has 19 heavy (non-hydrogen) atoms. The van der Waals surface area contributed by atoms with Crippen molar-refractivity contribution < 1.29 is 4.79 Å². The van der Waals surface area contributed by atoms with Gasteiger partial charge >= 0.3 is 0 Å². The summed E-state index contributed by atoms with van der Waals surface area (Å²) in [6.45, 7) is 11.8. The van der Waals surface area contributed by atoms with Crippen LogP contribution in [0.15, 0.2) is 0 Å². The number of hydrogen-bond donors (Lipinski definition) is 3. The number of piperidine rings is 1. The van der Waals surface area contributed by atoms with Gasteiger partial charge in [-0.2, -0.15) is 0 Å². The van der Waals surface area contributed by atoms with Crippen LogP contribution in [0.4, 0.5) is 0 Å². The Hall–Kier alpha value is -0.610. The fraction of sp³-hybridized carbons (Fsp3) is 0.933. The van der Waals surface area contributed by atoms with Crippen LogP contribution in [0.3, 0.4) is 0 Å². The summed E-state index contributed by atoms with van der Waals surface area (Å²) in [5.74, 6) is 0.170. The standard InChI is InChI=1S/C15H29N3O/c1-13(2)9-11(10-14(3,4)18-13)17-12(19)15(5)7-6-8-16-15/h11,16,18H,6-10H2,1-5H3,(H,17,19). The maximum absolute atomic E-state index is 12.5. The lowest BCUT2D eigenvalue weighted by Crippen LogP contribution is -2.64. The molecule has 0 saturated carbocycles. The molecular formula is C15H29N3O. The van der Waals surface area contributed by atoms with Gasteiger partial charge in [-0.25, -0.2) is 0 Å². The number of nitrogens with one attached hydrogen (secondary N) is 3. The molecule has 2 heterocycles. The van der Waals surface area contributed by atoms with Crippen LogP contribution in [0.25, 0.3) is 0 Å². The second-order valence-electron chi connectivity index (χ2n) is 7.83. The first-order valence-corrected chi connectivity index (χ1v) is 7.47. The van der Waals surface area contributed by atoms with Crippen molar-refractivity contribution in [2.45, 2.75) is 83.0 Å². The Balaban J connectivity index is 2.00.